The monoisotopic (exact) mass is 217 g/mol. The molecule has 1 nitrogen and oxygen atoms in total. The van der Waals surface area contributed by atoms with Gasteiger partial charge >= 0.3 is 0 Å². The average Bonchev–Trinajstić information content (AvgIpc) is 2.76. The van der Waals surface area contributed by atoms with Gasteiger partial charge in [0.2, 0.25) is 0 Å². The molecular formula is C15H23N. The summed E-state index contributed by atoms with van der Waals surface area (Å²) in [5.74, 6) is 0. The Morgan fingerprint density at radius 3 is 2.62 bits per heavy atom. The molecule has 0 saturated carbocycles. The second-order valence-electron chi connectivity index (χ2n) is 4.91. The lowest BCUT2D eigenvalue weighted by Gasteiger charge is -2.05. The van der Waals surface area contributed by atoms with Gasteiger partial charge in [-0.05, 0) is 61.8 Å². The van der Waals surface area contributed by atoms with Crippen molar-refractivity contribution in [2.75, 3.05) is 6.54 Å². The molecule has 1 aliphatic carbocycles. The lowest BCUT2D eigenvalue weighted by molar-refractivity contribution is 0.646. The van der Waals surface area contributed by atoms with E-state index in [2.05, 4.69) is 18.2 Å². The Balaban J connectivity index is 1.77. The molecule has 0 saturated heterocycles. The minimum absolute atomic E-state index is 0.846. The summed E-state index contributed by atoms with van der Waals surface area (Å²) in [5, 5.41) is 0. The van der Waals surface area contributed by atoms with Crippen molar-refractivity contribution in [2.45, 2.75) is 51.4 Å². The first-order chi connectivity index (χ1) is 7.90. The average molecular weight is 217 g/mol. The zero-order valence-corrected chi connectivity index (χ0v) is 10.2. The number of benzene rings is 1. The molecule has 0 fully saturated rings. The highest BCUT2D eigenvalue weighted by Gasteiger charge is 2.10. The Kier molecular flexibility index (Phi) is 4.41. The van der Waals surface area contributed by atoms with Crippen molar-refractivity contribution >= 4 is 0 Å². The summed E-state index contributed by atoms with van der Waals surface area (Å²) >= 11 is 0. The van der Waals surface area contributed by atoms with Crippen LogP contribution < -0.4 is 5.73 Å². The van der Waals surface area contributed by atoms with E-state index in [1.807, 2.05) is 0 Å². The molecule has 0 spiro atoms. The molecule has 0 unspecified atom stereocenters. The summed E-state index contributed by atoms with van der Waals surface area (Å²) < 4.78 is 0. The van der Waals surface area contributed by atoms with Crippen LogP contribution in [0, 0.1) is 0 Å². The Morgan fingerprint density at radius 1 is 0.938 bits per heavy atom. The van der Waals surface area contributed by atoms with Crippen molar-refractivity contribution in [3.8, 4) is 0 Å². The third-order valence-electron chi connectivity index (χ3n) is 3.58. The van der Waals surface area contributed by atoms with Crippen LogP contribution in [0.15, 0.2) is 18.2 Å². The third-order valence-corrected chi connectivity index (χ3v) is 3.58. The summed E-state index contributed by atoms with van der Waals surface area (Å²) in [6.45, 7) is 0.846. The molecule has 1 aliphatic rings. The smallest absolute Gasteiger partial charge is 0.00773 e. The first kappa shape index (κ1) is 11.7. The molecule has 88 valence electrons. The topological polar surface area (TPSA) is 26.0 Å². The number of hydrogen-bond donors (Lipinski definition) is 1. The standard InChI is InChI=1S/C15H23N/c16-11-4-2-1-3-6-13-9-10-14-7-5-8-15(14)12-13/h9-10,12H,1-8,11,16H2. The van der Waals surface area contributed by atoms with Gasteiger partial charge in [0.05, 0.1) is 0 Å². The van der Waals surface area contributed by atoms with Crippen LogP contribution in [0.4, 0.5) is 0 Å². The Labute approximate surface area is 99.0 Å². The summed E-state index contributed by atoms with van der Waals surface area (Å²) in [7, 11) is 0. The van der Waals surface area contributed by atoms with Gasteiger partial charge in [-0.2, -0.15) is 0 Å². The predicted octanol–water partition coefficient (Wildman–Crippen LogP) is 3.24. The maximum Gasteiger partial charge on any atom is -0.00773 e. The number of rotatable bonds is 6. The van der Waals surface area contributed by atoms with E-state index < -0.39 is 0 Å². The quantitative estimate of drug-likeness (QED) is 0.727. The predicted molar refractivity (Wildman–Crippen MR) is 69.7 cm³/mol. The number of nitrogens with two attached hydrogens (primary N) is 1. The van der Waals surface area contributed by atoms with Gasteiger partial charge in [-0.25, -0.2) is 0 Å². The van der Waals surface area contributed by atoms with Gasteiger partial charge in [-0.15, -0.1) is 0 Å². The fraction of sp³-hybridized carbons (Fsp3) is 0.600. The molecule has 0 aromatic heterocycles. The SMILES string of the molecule is NCCCCCCc1ccc2c(c1)CCC2. The maximum absolute atomic E-state index is 5.48. The normalized spacial score (nSPS) is 14.1. The minimum atomic E-state index is 0.846. The molecule has 16 heavy (non-hydrogen) atoms. The zero-order chi connectivity index (χ0) is 11.2. The van der Waals surface area contributed by atoms with E-state index in [4.69, 9.17) is 5.73 Å². The van der Waals surface area contributed by atoms with E-state index >= 15 is 0 Å². The van der Waals surface area contributed by atoms with E-state index in [0.29, 0.717) is 0 Å². The first-order valence-electron chi connectivity index (χ1n) is 6.71. The van der Waals surface area contributed by atoms with Crippen molar-refractivity contribution in [1.82, 2.24) is 0 Å². The van der Waals surface area contributed by atoms with Crippen molar-refractivity contribution in [3.63, 3.8) is 0 Å². The fourth-order valence-electron chi connectivity index (χ4n) is 2.61. The maximum atomic E-state index is 5.48. The van der Waals surface area contributed by atoms with E-state index in [9.17, 15) is 0 Å². The molecule has 1 aromatic carbocycles. The van der Waals surface area contributed by atoms with Crippen LogP contribution in [0.3, 0.4) is 0 Å². The highest BCUT2D eigenvalue weighted by molar-refractivity contribution is 5.35. The highest BCUT2D eigenvalue weighted by atomic mass is 14.5. The molecule has 0 heterocycles. The molecule has 0 atom stereocenters. The van der Waals surface area contributed by atoms with E-state index in [1.165, 1.54) is 56.9 Å². The van der Waals surface area contributed by atoms with Crippen LogP contribution in [-0.2, 0) is 19.3 Å². The van der Waals surface area contributed by atoms with Crippen LogP contribution >= 0.6 is 0 Å². The van der Waals surface area contributed by atoms with Gasteiger partial charge in [0.15, 0.2) is 0 Å². The Hall–Kier alpha value is -0.820. The van der Waals surface area contributed by atoms with Gasteiger partial charge < -0.3 is 5.73 Å². The molecule has 0 bridgehead atoms. The molecule has 1 heteroatoms. The summed E-state index contributed by atoms with van der Waals surface area (Å²) in [6, 6.07) is 7.11. The van der Waals surface area contributed by atoms with Gasteiger partial charge in [-0.3, -0.25) is 0 Å². The largest absolute Gasteiger partial charge is 0.330 e. The fourth-order valence-corrected chi connectivity index (χ4v) is 2.61. The molecule has 2 N–H and O–H groups in total. The molecule has 0 amide bonds. The van der Waals surface area contributed by atoms with Gasteiger partial charge in [0, 0.05) is 0 Å². The minimum Gasteiger partial charge on any atom is -0.330 e. The molecule has 1 aromatic rings. The summed E-state index contributed by atoms with van der Waals surface area (Å²) in [5.41, 5.74) is 10.2. The lowest BCUT2D eigenvalue weighted by Crippen LogP contribution is -1.98. The van der Waals surface area contributed by atoms with Crippen LogP contribution in [0.5, 0.6) is 0 Å². The number of unbranched alkanes of at least 4 members (excludes halogenated alkanes) is 3. The Bertz CT molecular complexity index is 330. The van der Waals surface area contributed by atoms with Crippen LogP contribution in [0.1, 0.15) is 48.8 Å². The zero-order valence-electron chi connectivity index (χ0n) is 10.2. The number of hydrogen-bond acceptors (Lipinski definition) is 1. The van der Waals surface area contributed by atoms with E-state index in [1.54, 1.807) is 11.1 Å². The van der Waals surface area contributed by atoms with Crippen LogP contribution in [-0.4, -0.2) is 6.54 Å². The van der Waals surface area contributed by atoms with Crippen molar-refractivity contribution in [3.05, 3.63) is 34.9 Å². The van der Waals surface area contributed by atoms with E-state index in [0.717, 1.165) is 6.54 Å². The molecule has 0 aliphatic heterocycles. The second-order valence-corrected chi connectivity index (χ2v) is 4.91. The van der Waals surface area contributed by atoms with Gasteiger partial charge in [0.25, 0.3) is 0 Å². The Morgan fingerprint density at radius 2 is 1.75 bits per heavy atom. The number of fused-ring (bicyclic) bond motifs is 1. The molecule has 2 rings (SSSR count). The van der Waals surface area contributed by atoms with Crippen molar-refractivity contribution < 1.29 is 0 Å². The lowest BCUT2D eigenvalue weighted by atomic mass is 10.0. The first-order valence-corrected chi connectivity index (χ1v) is 6.71. The second kappa shape index (κ2) is 6.05. The molecule has 0 radical (unpaired) electrons. The number of aryl methyl sites for hydroxylation is 3. The van der Waals surface area contributed by atoms with Gasteiger partial charge in [-0.1, -0.05) is 31.0 Å². The van der Waals surface area contributed by atoms with Crippen molar-refractivity contribution in [2.24, 2.45) is 5.73 Å². The van der Waals surface area contributed by atoms with Crippen LogP contribution in [0.2, 0.25) is 0 Å². The van der Waals surface area contributed by atoms with Gasteiger partial charge in [0.1, 0.15) is 0 Å². The molecular weight excluding hydrogens is 194 g/mol. The van der Waals surface area contributed by atoms with Crippen LogP contribution in [0.25, 0.3) is 0 Å². The summed E-state index contributed by atoms with van der Waals surface area (Å²) in [4.78, 5) is 0. The van der Waals surface area contributed by atoms with E-state index in [-0.39, 0.29) is 0 Å². The third kappa shape index (κ3) is 3.08. The summed E-state index contributed by atoms with van der Waals surface area (Å²) in [6.07, 6.45) is 10.3. The van der Waals surface area contributed by atoms with Crippen molar-refractivity contribution in [1.29, 1.82) is 0 Å². The highest BCUT2D eigenvalue weighted by Crippen LogP contribution is 2.23.